The van der Waals surface area contributed by atoms with E-state index in [0.717, 1.165) is 17.9 Å². The Balaban J connectivity index is 2.01. The zero-order valence-corrected chi connectivity index (χ0v) is 10.7. The Labute approximate surface area is 94.4 Å². The Bertz CT molecular complexity index is 219. The summed E-state index contributed by atoms with van der Waals surface area (Å²) < 4.78 is 0. The molecule has 0 aromatic heterocycles. The third-order valence-corrected chi connectivity index (χ3v) is 3.92. The fourth-order valence-corrected chi connectivity index (χ4v) is 3.46. The Morgan fingerprint density at radius 3 is 2.60 bits per heavy atom. The second-order valence-corrected chi connectivity index (χ2v) is 6.55. The molecule has 2 rings (SSSR count). The van der Waals surface area contributed by atoms with Gasteiger partial charge in [0, 0.05) is 19.1 Å². The molecule has 3 unspecified atom stereocenters. The fraction of sp³-hybridized carbons (Fsp3) is 1.00. The number of rotatable bonds is 2. The van der Waals surface area contributed by atoms with Crippen molar-refractivity contribution in [2.24, 2.45) is 17.3 Å². The number of hydrogen-bond acceptors (Lipinski definition) is 2. The van der Waals surface area contributed by atoms with E-state index in [2.05, 4.69) is 37.9 Å². The van der Waals surface area contributed by atoms with Gasteiger partial charge in [-0.1, -0.05) is 27.7 Å². The molecule has 0 bridgehead atoms. The molecule has 2 nitrogen and oxygen atoms in total. The molecule has 2 heteroatoms. The van der Waals surface area contributed by atoms with Crippen LogP contribution in [0.4, 0.5) is 0 Å². The zero-order valence-electron chi connectivity index (χ0n) is 10.7. The Hall–Kier alpha value is -0.0800. The SMILES string of the molecule is CCC1C2CNCC2CN1CC(C)(C)C. The first-order chi connectivity index (χ1) is 7.01. The van der Waals surface area contributed by atoms with Crippen LogP contribution in [0, 0.1) is 17.3 Å². The van der Waals surface area contributed by atoms with Crippen LogP contribution >= 0.6 is 0 Å². The molecular weight excluding hydrogens is 184 g/mol. The van der Waals surface area contributed by atoms with Crippen LogP contribution in [-0.2, 0) is 0 Å². The number of nitrogens with one attached hydrogen (secondary N) is 1. The smallest absolute Gasteiger partial charge is 0.0137 e. The van der Waals surface area contributed by atoms with E-state index < -0.39 is 0 Å². The summed E-state index contributed by atoms with van der Waals surface area (Å²) in [5.41, 5.74) is 0.444. The lowest BCUT2D eigenvalue weighted by Crippen LogP contribution is -2.40. The van der Waals surface area contributed by atoms with Crippen molar-refractivity contribution >= 4 is 0 Å². The Kier molecular flexibility index (Phi) is 3.09. The normalized spacial score (nSPS) is 37.2. The van der Waals surface area contributed by atoms with Gasteiger partial charge in [-0.25, -0.2) is 0 Å². The highest BCUT2D eigenvalue weighted by Gasteiger charge is 2.43. The second-order valence-electron chi connectivity index (χ2n) is 6.55. The predicted molar refractivity (Wildman–Crippen MR) is 65.0 cm³/mol. The third-order valence-electron chi connectivity index (χ3n) is 3.92. The molecule has 0 amide bonds. The van der Waals surface area contributed by atoms with Crippen molar-refractivity contribution in [3.8, 4) is 0 Å². The molecule has 2 aliphatic heterocycles. The lowest BCUT2D eigenvalue weighted by molar-refractivity contribution is 0.156. The van der Waals surface area contributed by atoms with Gasteiger partial charge < -0.3 is 5.32 Å². The van der Waals surface area contributed by atoms with Gasteiger partial charge in [0.15, 0.2) is 0 Å². The van der Waals surface area contributed by atoms with Gasteiger partial charge in [-0.2, -0.15) is 0 Å². The lowest BCUT2D eigenvalue weighted by atomic mass is 9.92. The fourth-order valence-electron chi connectivity index (χ4n) is 3.46. The number of hydrogen-bond donors (Lipinski definition) is 1. The number of likely N-dealkylation sites (tertiary alicyclic amines) is 1. The molecule has 0 saturated carbocycles. The highest BCUT2D eigenvalue weighted by atomic mass is 15.2. The topological polar surface area (TPSA) is 15.3 Å². The van der Waals surface area contributed by atoms with E-state index in [1.54, 1.807) is 0 Å². The maximum absolute atomic E-state index is 3.55. The first-order valence-corrected chi connectivity index (χ1v) is 6.46. The minimum atomic E-state index is 0.444. The monoisotopic (exact) mass is 210 g/mol. The van der Waals surface area contributed by atoms with Crippen molar-refractivity contribution in [2.75, 3.05) is 26.2 Å². The summed E-state index contributed by atoms with van der Waals surface area (Å²) in [5, 5.41) is 3.55. The van der Waals surface area contributed by atoms with Gasteiger partial charge in [-0.15, -0.1) is 0 Å². The van der Waals surface area contributed by atoms with Crippen LogP contribution in [0.25, 0.3) is 0 Å². The molecule has 0 aromatic rings. The van der Waals surface area contributed by atoms with Gasteiger partial charge >= 0.3 is 0 Å². The third kappa shape index (κ3) is 2.36. The first kappa shape index (κ1) is 11.4. The van der Waals surface area contributed by atoms with Gasteiger partial charge in [0.2, 0.25) is 0 Å². The summed E-state index contributed by atoms with van der Waals surface area (Å²) >= 11 is 0. The predicted octanol–water partition coefficient (Wildman–Crippen LogP) is 1.96. The quantitative estimate of drug-likeness (QED) is 0.749. The Morgan fingerprint density at radius 2 is 2.00 bits per heavy atom. The van der Waals surface area contributed by atoms with Crippen molar-refractivity contribution in [3.05, 3.63) is 0 Å². The van der Waals surface area contributed by atoms with Crippen molar-refractivity contribution in [2.45, 2.75) is 40.2 Å². The molecule has 1 N–H and O–H groups in total. The van der Waals surface area contributed by atoms with Crippen LogP contribution in [0.15, 0.2) is 0 Å². The molecule has 3 atom stereocenters. The van der Waals surface area contributed by atoms with Crippen LogP contribution in [-0.4, -0.2) is 37.1 Å². The minimum Gasteiger partial charge on any atom is -0.316 e. The number of nitrogens with zero attached hydrogens (tertiary/aromatic N) is 1. The molecule has 2 aliphatic rings. The molecule has 0 aromatic carbocycles. The van der Waals surface area contributed by atoms with Crippen LogP contribution in [0.3, 0.4) is 0 Å². The van der Waals surface area contributed by atoms with Crippen molar-refractivity contribution in [1.82, 2.24) is 10.2 Å². The zero-order chi connectivity index (χ0) is 11.1. The number of fused-ring (bicyclic) bond motifs is 1. The molecule has 0 spiro atoms. The molecule has 2 fully saturated rings. The van der Waals surface area contributed by atoms with E-state index >= 15 is 0 Å². The highest BCUT2D eigenvalue weighted by Crippen LogP contribution is 2.35. The maximum atomic E-state index is 3.55. The minimum absolute atomic E-state index is 0.444. The summed E-state index contributed by atoms with van der Waals surface area (Å²) in [6.07, 6.45) is 1.32. The van der Waals surface area contributed by atoms with E-state index in [1.165, 1.54) is 32.6 Å². The average Bonchev–Trinajstić information content (AvgIpc) is 2.60. The lowest BCUT2D eigenvalue weighted by Gasteiger charge is -2.32. The van der Waals surface area contributed by atoms with E-state index in [0.29, 0.717) is 5.41 Å². The molecule has 2 saturated heterocycles. The van der Waals surface area contributed by atoms with Crippen LogP contribution in [0.1, 0.15) is 34.1 Å². The summed E-state index contributed by atoms with van der Waals surface area (Å²) in [7, 11) is 0. The van der Waals surface area contributed by atoms with Gasteiger partial charge in [0.25, 0.3) is 0 Å². The molecule has 88 valence electrons. The van der Waals surface area contributed by atoms with E-state index in [1.807, 2.05) is 0 Å². The van der Waals surface area contributed by atoms with Gasteiger partial charge in [0.1, 0.15) is 0 Å². The summed E-state index contributed by atoms with van der Waals surface area (Å²) in [4.78, 5) is 2.75. The summed E-state index contributed by atoms with van der Waals surface area (Å²) in [6, 6.07) is 0.837. The van der Waals surface area contributed by atoms with Crippen molar-refractivity contribution in [3.63, 3.8) is 0 Å². The molecule has 0 radical (unpaired) electrons. The Morgan fingerprint density at radius 1 is 1.27 bits per heavy atom. The van der Waals surface area contributed by atoms with Gasteiger partial charge in [-0.3, -0.25) is 4.90 Å². The van der Waals surface area contributed by atoms with E-state index in [4.69, 9.17) is 0 Å². The second kappa shape index (κ2) is 4.06. The van der Waals surface area contributed by atoms with Crippen LogP contribution in [0.5, 0.6) is 0 Å². The molecular formula is C13H26N2. The summed E-state index contributed by atoms with van der Waals surface area (Å²) in [6.45, 7) is 14.5. The standard InChI is InChI=1S/C13H26N2/c1-5-12-11-7-14-6-10(11)8-15(12)9-13(2,3)4/h10-12,14H,5-9H2,1-4H3. The molecule has 15 heavy (non-hydrogen) atoms. The van der Waals surface area contributed by atoms with Crippen molar-refractivity contribution in [1.29, 1.82) is 0 Å². The van der Waals surface area contributed by atoms with Gasteiger partial charge in [-0.05, 0) is 36.8 Å². The maximum Gasteiger partial charge on any atom is 0.0137 e. The summed E-state index contributed by atoms with van der Waals surface area (Å²) in [5.74, 6) is 1.86. The van der Waals surface area contributed by atoms with Crippen LogP contribution in [0.2, 0.25) is 0 Å². The molecule has 0 aliphatic carbocycles. The van der Waals surface area contributed by atoms with E-state index in [9.17, 15) is 0 Å². The van der Waals surface area contributed by atoms with E-state index in [-0.39, 0.29) is 0 Å². The highest BCUT2D eigenvalue weighted by molar-refractivity contribution is 4.98. The largest absolute Gasteiger partial charge is 0.316 e. The van der Waals surface area contributed by atoms with Crippen molar-refractivity contribution < 1.29 is 0 Å². The average molecular weight is 210 g/mol. The van der Waals surface area contributed by atoms with Gasteiger partial charge in [0.05, 0.1) is 0 Å². The van der Waals surface area contributed by atoms with Crippen LogP contribution < -0.4 is 5.32 Å². The molecule has 2 heterocycles. The first-order valence-electron chi connectivity index (χ1n) is 6.46.